The molecule has 0 spiro atoms. The van der Waals surface area contributed by atoms with E-state index in [0.29, 0.717) is 11.1 Å². The lowest BCUT2D eigenvalue weighted by Gasteiger charge is -2.11. The first-order chi connectivity index (χ1) is 21.2. The highest BCUT2D eigenvalue weighted by atomic mass is 16.3. The fourth-order valence-corrected chi connectivity index (χ4v) is 6.74. The number of fused-ring (bicyclic) bond motifs is 9. The molecule has 0 atom stereocenters. The van der Waals surface area contributed by atoms with Gasteiger partial charge in [0.05, 0.1) is 56.4 Å². The Morgan fingerprint density at radius 1 is 0.465 bits per heavy atom. The van der Waals surface area contributed by atoms with Crippen molar-refractivity contribution >= 4 is 65.6 Å². The van der Waals surface area contributed by atoms with Crippen LogP contribution in [0.3, 0.4) is 0 Å². The van der Waals surface area contributed by atoms with Crippen molar-refractivity contribution in [2.24, 2.45) is 0 Å². The summed E-state index contributed by atoms with van der Waals surface area (Å²) in [7, 11) is 0. The topological polar surface area (TPSA) is 70.6 Å². The quantitative estimate of drug-likeness (QED) is 0.216. The maximum absolute atomic E-state index is 9.60. The molecule has 0 amide bonds. The molecule has 0 fully saturated rings. The molecule has 9 rings (SSSR count). The van der Waals surface area contributed by atoms with Crippen molar-refractivity contribution in [3.05, 3.63) is 132 Å². The molecule has 0 bridgehead atoms. The second-order valence-corrected chi connectivity index (χ2v) is 10.8. The summed E-state index contributed by atoms with van der Waals surface area (Å²) in [5.41, 5.74) is 9.07. The minimum absolute atomic E-state index is 0.584. The molecule has 0 unspecified atom stereocenters. The smallest absolute Gasteiger partial charge is 0.137 e. The van der Waals surface area contributed by atoms with Gasteiger partial charge in [0.2, 0.25) is 0 Å². The van der Waals surface area contributed by atoms with Crippen LogP contribution in [0.4, 0.5) is 0 Å². The third-order valence-electron chi connectivity index (χ3n) is 8.56. The predicted molar refractivity (Wildman–Crippen MR) is 172 cm³/mol. The average molecular weight is 549 g/mol. The summed E-state index contributed by atoms with van der Waals surface area (Å²) >= 11 is 0. The highest BCUT2D eigenvalue weighted by molar-refractivity contribution is 6.15. The number of rotatable bonds is 2. The van der Waals surface area contributed by atoms with Gasteiger partial charge in [-0.05, 0) is 78.9 Å². The summed E-state index contributed by atoms with van der Waals surface area (Å²) in [6, 6.07) is 45.6. The van der Waals surface area contributed by atoms with Crippen LogP contribution in [0.1, 0.15) is 11.1 Å². The second-order valence-electron chi connectivity index (χ2n) is 10.8. The number of furan rings is 1. The van der Waals surface area contributed by atoms with Crippen molar-refractivity contribution in [3.8, 4) is 23.5 Å². The van der Waals surface area contributed by atoms with Gasteiger partial charge in [0.25, 0.3) is 0 Å². The molecule has 0 saturated carbocycles. The molecule has 0 saturated heterocycles. The first-order valence-electron chi connectivity index (χ1n) is 14.1. The lowest BCUT2D eigenvalue weighted by molar-refractivity contribution is 0.669. The number of nitrogens with zero attached hydrogens (tertiary/aromatic N) is 4. The van der Waals surface area contributed by atoms with Gasteiger partial charge in [-0.3, -0.25) is 0 Å². The molecule has 0 radical (unpaired) electrons. The lowest BCUT2D eigenvalue weighted by atomic mass is 10.1. The molecule has 6 aromatic carbocycles. The summed E-state index contributed by atoms with van der Waals surface area (Å²) in [4.78, 5) is 0. The number of nitriles is 2. The Morgan fingerprint density at radius 3 is 1.70 bits per heavy atom. The molecule has 0 aliphatic heterocycles. The van der Waals surface area contributed by atoms with Gasteiger partial charge in [0, 0.05) is 32.6 Å². The van der Waals surface area contributed by atoms with E-state index in [-0.39, 0.29) is 0 Å². The first-order valence-corrected chi connectivity index (χ1v) is 14.1. The van der Waals surface area contributed by atoms with E-state index in [1.54, 1.807) is 0 Å². The third kappa shape index (κ3) is 3.19. The van der Waals surface area contributed by atoms with Gasteiger partial charge in [-0.25, -0.2) is 0 Å². The van der Waals surface area contributed by atoms with Crippen LogP contribution in [-0.2, 0) is 0 Å². The van der Waals surface area contributed by atoms with Gasteiger partial charge in [-0.2, -0.15) is 10.5 Å². The minimum Gasteiger partial charge on any atom is -0.456 e. The predicted octanol–water partition coefficient (Wildman–Crippen LogP) is 9.52. The van der Waals surface area contributed by atoms with Crippen molar-refractivity contribution in [1.29, 1.82) is 10.5 Å². The normalized spacial score (nSPS) is 11.7. The Morgan fingerprint density at radius 2 is 1.07 bits per heavy atom. The van der Waals surface area contributed by atoms with Gasteiger partial charge in [-0.1, -0.05) is 42.5 Å². The largest absolute Gasteiger partial charge is 0.456 e. The SMILES string of the molecule is N#Cc1ccc2c(c1)c1cc(C#N)ccc1n2-c1ccc2oc3cccc(-n4c5ccccc5c5ccccc54)c3c2c1. The summed E-state index contributed by atoms with van der Waals surface area (Å²) in [6.07, 6.45) is 0. The molecule has 0 aliphatic carbocycles. The summed E-state index contributed by atoms with van der Waals surface area (Å²) in [5.74, 6) is 0. The fourth-order valence-electron chi connectivity index (χ4n) is 6.74. The zero-order valence-corrected chi connectivity index (χ0v) is 22.7. The third-order valence-corrected chi connectivity index (χ3v) is 8.56. The molecule has 198 valence electrons. The standard InChI is InChI=1S/C38H20N4O/c39-21-23-12-15-33-28(18-23)29-19-24(22-40)13-16-34(29)41(33)25-14-17-36-30(20-25)38-35(10-5-11-37(38)43-36)42-31-8-3-1-6-26(31)27-7-2-4-9-32(27)42/h1-20H. The Hall–Kier alpha value is -6.30. The highest BCUT2D eigenvalue weighted by Gasteiger charge is 2.19. The summed E-state index contributed by atoms with van der Waals surface area (Å²) < 4.78 is 11.0. The molecule has 5 nitrogen and oxygen atoms in total. The van der Waals surface area contributed by atoms with Crippen LogP contribution in [-0.4, -0.2) is 9.13 Å². The van der Waals surface area contributed by atoms with E-state index >= 15 is 0 Å². The van der Waals surface area contributed by atoms with Crippen molar-refractivity contribution < 1.29 is 4.42 Å². The maximum Gasteiger partial charge on any atom is 0.137 e. The number of hydrogen-bond acceptors (Lipinski definition) is 3. The van der Waals surface area contributed by atoms with Gasteiger partial charge < -0.3 is 13.6 Å². The number of hydrogen-bond donors (Lipinski definition) is 0. The first kappa shape index (κ1) is 23.4. The van der Waals surface area contributed by atoms with Crippen molar-refractivity contribution in [2.75, 3.05) is 0 Å². The van der Waals surface area contributed by atoms with Crippen molar-refractivity contribution in [2.45, 2.75) is 0 Å². The van der Waals surface area contributed by atoms with E-state index in [9.17, 15) is 10.5 Å². The molecule has 5 heteroatoms. The van der Waals surface area contributed by atoms with Crippen LogP contribution in [0, 0.1) is 22.7 Å². The Balaban J connectivity index is 1.38. The van der Waals surface area contributed by atoms with Crippen molar-refractivity contribution in [1.82, 2.24) is 9.13 Å². The van der Waals surface area contributed by atoms with Crippen LogP contribution in [0.25, 0.3) is 76.9 Å². The van der Waals surface area contributed by atoms with E-state index < -0.39 is 0 Å². The van der Waals surface area contributed by atoms with E-state index in [2.05, 4.69) is 94.1 Å². The molecule has 43 heavy (non-hydrogen) atoms. The van der Waals surface area contributed by atoms with E-state index in [4.69, 9.17) is 4.42 Å². The van der Waals surface area contributed by atoms with Crippen LogP contribution in [0.2, 0.25) is 0 Å². The molecular weight excluding hydrogens is 528 g/mol. The summed E-state index contributed by atoms with van der Waals surface area (Å²) in [6.45, 7) is 0. The van der Waals surface area contributed by atoms with Crippen LogP contribution < -0.4 is 0 Å². The number of aromatic nitrogens is 2. The molecule has 3 aromatic heterocycles. The monoisotopic (exact) mass is 548 g/mol. The van der Waals surface area contributed by atoms with Crippen LogP contribution in [0.15, 0.2) is 126 Å². The second kappa shape index (κ2) is 8.60. The highest BCUT2D eigenvalue weighted by Crippen LogP contribution is 2.40. The van der Waals surface area contributed by atoms with Crippen LogP contribution >= 0.6 is 0 Å². The number of benzene rings is 6. The molecule has 0 aliphatic rings. The summed E-state index contributed by atoms with van der Waals surface area (Å²) in [5, 5.41) is 25.6. The fraction of sp³-hybridized carbons (Fsp3) is 0. The van der Waals surface area contributed by atoms with E-state index in [1.807, 2.05) is 48.5 Å². The van der Waals surface area contributed by atoms with E-state index in [1.165, 1.54) is 10.8 Å². The van der Waals surface area contributed by atoms with Gasteiger partial charge in [0.15, 0.2) is 0 Å². The van der Waals surface area contributed by atoms with Gasteiger partial charge in [-0.15, -0.1) is 0 Å². The zero-order valence-electron chi connectivity index (χ0n) is 22.7. The molecule has 9 aromatic rings. The van der Waals surface area contributed by atoms with Crippen molar-refractivity contribution in [3.63, 3.8) is 0 Å². The molecule has 0 N–H and O–H groups in total. The van der Waals surface area contributed by atoms with E-state index in [0.717, 1.165) is 66.2 Å². The Labute approximate surface area is 245 Å². The zero-order chi connectivity index (χ0) is 28.7. The Kier molecular flexibility index (Phi) is 4.68. The van der Waals surface area contributed by atoms with Crippen LogP contribution in [0.5, 0.6) is 0 Å². The van der Waals surface area contributed by atoms with Gasteiger partial charge in [0.1, 0.15) is 11.2 Å². The molecular formula is C38H20N4O. The average Bonchev–Trinajstić information content (AvgIpc) is 3.71. The maximum atomic E-state index is 9.60. The minimum atomic E-state index is 0.584. The number of para-hydroxylation sites is 2. The van der Waals surface area contributed by atoms with Gasteiger partial charge >= 0.3 is 0 Å². The molecule has 3 heterocycles. The Bertz CT molecular complexity index is 2580. The lowest BCUT2D eigenvalue weighted by Crippen LogP contribution is -1.95.